The molecule has 4 rings (SSSR count). The summed E-state index contributed by atoms with van der Waals surface area (Å²) in [6, 6.07) is 0.00322. The number of carbonyl (C=O) groups is 1. The van der Waals surface area contributed by atoms with Gasteiger partial charge in [0.1, 0.15) is 11.9 Å². The molecule has 0 aromatic carbocycles. The van der Waals surface area contributed by atoms with Crippen molar-refractivity contribution in [3.8, 4) is 0 Å². The van der Waals surface area contributed by atoms with E-state index in [0.29, 0.717) is 13.2 Å². The third-order valence-electron chi connectivity index (χ3n) is 5.61. The normalized spacial score (nSPS) is 29.0. The van der Waals surface area contributed by atoms with Crippen molar-refractivity contribution in [2.24, 2.45) is 0 Å². The first kappa shape index (κ1) is 16.8. The predicted molar refractivity (Wildman–Crippen MR) is 91.9 cm³/mol. The van der Waals surface area contributed by atoms with Gasteiger partial charge in [-0.05, 0) is 32.1 Å². The van der Waals surface area contributed by atoms with Gasteiger partial charge in [0, 0.05) is 38.3 Å². The van der Waals surface area contributed by atoms with Crippen molar-refractivity contribution in [1.82, 2.24) is 20.2 Å². The molecule has 0 unspecified atom stereocenters. The Labute approximate surface area is 148 Å². The molecule has 1 aliphatic carbocycles. The van der Waals surface area contributed by atoms with Gasteiger partial charge in [0.15, 0.2) is 5.79 Å². The summed E-state index contributed by atoms with van der Waals surface area (Å²) in [5.74, 6) is 0.492. The third-order valence-corrected chi connectivity index (χ3v) is 5.61. The number of imidazole rings is 1. The maximum Gasteiger partial charge on any atom is 0.318 e. The van der Waals surface area contributed by atoms with Crippen molar-refractivity contribution in [3.63, 3.8) is 0 Å². The number of hydrogen-bond donors (Lipinski definition) is 2. The van der Waals surface area contributed by atoms with Crippen LogP contribution in [-0.2, 0) is 9.47 Å². The number of aromatic amines is 1. The smallest absolute Gasteiger partial charge is 0.318 e. The van der Waals surface area contributed by atoms with Gasteiger partial charge in [0.25, 0.3) is 0 Å². The fourth-order valence-corrected chi connectivity index (χ4v) is 4.29. The number of hydrogen-bond acceptors (Lipinski definition) is 4. The van der Waals surface area contributed by atoms with Crippen LogP contribution in [0.3, 0.4) is 0 Å². The number of ether oxygens (including phenoxy) is 2. The molecule has 3 fully saturated rings. The molecule has 2 amide bonds. The highest BCUT2D eigenvalue weighted by Gasteiger charge is 2.42. The second-order valence-electron chi connectivity index (χ2n) is 7.39. The van der Waals surface area contributed by atoms with Crippen LogP contribution in [0.15, 0.2) is 12.4 Å². The molecular weight excluding hydrogens is 320 g/mol. The van der Waals surface area contributed by atoms with Gasteiger partial charge in [0.05, 0.1) is 12.6 Å². The lowest BCUT2D eigenvalue weighted by Gasteiger charge is -2.35. The van der Waals surface area contributed by atoms with E-state index in [4.69, 9.17) is 9.47 Å². The number of carbonyl (C=O) groups excluding carboxylic acids is 1. The van der Waals surface area contributed by atoms with E-state index in [-0.39, 0.29) is 24.0 Å². The molecular formula is C18H28N4O3. The quantitative estimate of drug-likeness (QED) is 0.880. The van der Waals surface area contributed by atoms with E-state index in [2.05, 4.69) is 15.3 Å². The number of H-pyrrole nitrogens is 1. The summed E-state index contributed by atoms with van der Waals surface area (Å²) in [7, 11) is 0. The Morgan fingerprint density at radius 3 is 3.00 bits per heavy atom. The Morgan fingerprint density at radius 1 is 1.32 bits per heavy atom. The van der Waals surface area contributed by atoms with Gasteiger partial charge in [0.2, 0.25) is 0 Å². The predicted octanol–water partition coefficient (Wildman–Crippen LogP) is 2.72. The standard InChI is InChI=1S/C18H28N4O3/c23-17(22-11-5-2-6-15(22)16-19-9-10-20-16)21-12-14-13-24-18(25-14)7-3-1-4-8-18/h9-10,14-15H,1-8,11-13H2,(H,19,20)(H,21,23)/t14-,15+/m0/s1. The summed E-state index contributed by atoms with van der Waals surface area (Å²) >= 11 is 0. The Balaban J connectivity index is 1.31. The summed E-state index contributed by atoms with van der Waals surface area (Å²) in [6.45, 7) is 1.84. The van der Waals surface area contributed by atoms with Crippen LogP contribution in [0, 0.1) is 0 Å². The first-order valence-electron chi connectivity index (χ1n) is 9.61. The minimum atomic E-state index is -0.379. The van der Waals surface area contributed by atoms with Gasteiger partial charge in [-0.2, -0.15) is 0 Å². The molecule has 138 valence electrons. The van der Waals surface area contributed by atoms with Crippen LogP contribution in [0.5, 0.6) is 0 Å². The molecule has 7 nitrogen and oxygen atoms in total. The van der Waals surface area contributed by atoms with Gasteiger partial charge in [-0.1, -0.05) is 6.42 Å². The molecule has 2 saturated heterocycles. The molecule has 0 bridgehead atoms. The first-order chi connectivity index (χ1) is 12.3. The van der Waals surface area contributed by atoms with Crippen molar-refractivity contribution >= 4 is 6.03 Å². The Hall–Kier alpha value is -1.60. The zero-order valence-corrected chi connectivity index (χ0v) is 14.7. The molecule has 3 heterocycles. The molecule has 0 radical (unpaired) electrons. The lowest BCUT2D eigenvalue weighted by molar-refractivity contribution is -0.186. The van der Waals surface area contributed by atoms with E-state index in [1.54, 1.807) is 6.20 Å². The second kappa shape index (κ2) is 7.33. The largest absolute Gasteiger partial charge is 0.347 e. The Morgan fingerprint density at radius 2 is 2.20 bits per heavy atom. The van der Waals surface area contributed by atoms with Crippen molar-refractivity contribution < 1.29 is 14.3 Å². The van der Waals surface area contributed by atoms with Gasteiger partial charge in [-0.25, -0.2) is 9.78 Å². The van der Waals surface area contributed by atoms with Crippen LogP contribution >= 0.6 is 0 Å². The minimum Gasteiger partial charge on any atom is -0.347 e. The number of nitrogens with one attached hydrogen (secondary N) is 2. The number of aromatic nitrogens is 2. The van der Waals surface area contributed by atoms with E-state index < -0.39 is 0 Å². The van der Waals surface area contributed by atoms with Crippen molar-refractivity contribution in [2.45, 2.75) is 69.3 Å². The van der Waals surface area contributed by atoms with Crippen molar-refractivity contribution in [2.75, 3.05) is 19.7 Å². The van der Waals surface area contributed by atoms with Crippen LogP contribution in [0.25, 0.3) is 0 Å². The zero-order chi connectivity index (χ0) is 17.1. The van der Waals surface area contributed by atoms with Crippen molar-refractivity contribution in [3.05, 3.63) is 18.2 Å². The molecule has 1 spiro atoms. The van der Waals surface area contributed by atoms with E-state index in [0.717, 1.165) is 57.3 Å². The molecule has 2 aliphatic heterocycles. The van der Waals surface area contributed by atoms with Gasteiger partial charge < -0.3 is 24.7 Å². The summed E-state index contributed by atoms with van der Waals surface area (Å²) in [6.07, 6.45) is 12.2. The number of nitrogens with zero attached hydrogens (tertiary/aromatic N) is 2. The van der Waals surface area contributed by atoms with E-state index in [1.807, 2.05) is 11.1 Å². The average molecular weight is 348 g/mol. The molecule has 2 atom stereocenters. The number of amides is 2. The Kier molecular flexibility index (Phi) is 4.94. The highest BCUT2D eigenvalue weighted by molar-refractivity contribution is 5.74. The fourth-order valence-electron chi connectivity index (χ4n) is 4.29. The topological polar surface area (TPSA) is 79.5 Å². The van der Waals surface area contributed by atoms with Crippen molar-refractivity contribution in [1.29, 1.82) is 0 Å². The maximum absolute atomic E-state index is 12.7. The minimum absolute atomic E-state index is 0.0331. The summed E-state index contributed by atoms with van der Waals surface area (Å²) in [5.41, 5.74) is 0. The number of rotatable bonds is 3. The molecule has 1 saturated carbocycles. The summed E-state index contributed by atoms with van der Waals surface area (Å²) < 4.78 is 12.1. The van der Waals surface area contributed by atoms with E-state index in [9.17, 15) is 4.79 Å². The number of urea groups is 1. The average Bonchev–Trinajstić information content (AvgIpc) is 3.31. The van der Waals surface area contributed by atoms with Gasteiger partial charge >= 0.3 is 6.03 Å². The second-order valence-corrected chi connectivity index (χ2v) is 7.39. The lowest BCUT2D eigenvalue weighted by atomic mass is 9.94. The van der Waals surface area contributed by atoms with Crippen LogP contribution in [-0.4, -0.2) is 52.5 Å². The van der Waals surface area contributed by atoms with Crippen LogP contribution in [0.4, 0.5) is 4.79 Å². The molecule has 1 aromatic rings. The molecule has 7 heteroatoms. The number of piperidine rings is 1. The van der Waals surface area contributed by atoms with Gasteiger partial charge in [-0.15, -0.1) is 0 Å². The van der Waals surface area contributed by atoms with Crippen LogP contribution < -0.4 is 5.32 Å². The first-order valence-corrected chi connectivity index (χ1v) is 9.61. The van der Waals surface area contributed by atoms with Crippen LogP contribution in [0.1, 0.15) is 63.2 Å². The van der Waals surface area contributed by atoms with Crippen LogP contribution in [0.2, 0.25) is 0 Å². The molecule has 2 N–H and O–H groups in total. The van der Waals surface area contributed by atoms with Gasteiger partial charge in [-0.3, -0.25) is 0 Å². The lowest BCUT2D eigenvalue weighted by Crippen LogP contribution is -2.47. The Bertz CT molecular complexity index is 571. The monoisotopic (exact) mass is 348 g/mol. The fraction of sp³-hybridized carbons (Fsp3) is 0.778. The number of likely N-dealkylation sites (tertiary alicyclic amines) is 1. The zero-order valence-electron chi connectivity index (χ0n) is 14.7. The molecule has 3 aliphatic rings. The van der Waals surface area contributed by atoms with E-state index in [1.165, 1.54) is 6.42 Å². The highest BCUT2D eigenvalue weighted by Crippen LogP contribution is 2.37. The molecule has 1 aromatic heterocycles. The maximum atomic E-state index is 12.7. The van der Waals surface area contributed by atoms with E-state index >= 15 is 0 Å². The third kappa shape index (κ3) is 3.67. The highest BCUT2D eigenvalue weighted by atomic mass is 16.7. The molecule has 25 heavy (non-hydrogen) atoms. The summed E-state index contributed by atoms with van der Waals surface area (Å²) in [4.78, 5) is 22.1. The SMILES string of the molecule is O=C(NC[C@H]1COC2(CCCCC2)O1)N1CCCC[C@@H]1c1ncc[nH]1. The summed E-state index contributed by atoms with van der Waals surface area (Å²) in [5, 5.41) is 3.05.